The Morgan fingerprint density at radius 3 is 1.45 bits per heavy atom. The first-order valence-corrected chi connectivity index (χ1v) is 4.01. The maximum atomic E-state index is 9.92. The number of rotatable bonds is 2. The van der Waals surface area contributed by atoms with Gasteiger partial charge in [0.15, 0.2) is 5.11 Å². The van der Waals surface area contributed by atoms with E-state index in [1.54, 1.807) is 0 Å². The van der Waals surface area contributed by atoms with Crippen LogP contribution in [0.2, 0.25) is 0 Å². The van der Waals surface area contributed by atoms with Gasteiger partial charge in [0.05, 0.1) is 14.2 Å². The van der Waals surface area contributed by atoms with Crippen molar-refractivity contribution in [1.29, 1.82) is 0 Å². The predicted octanol–water partition coefficient (Wildman–Crippen LogP) is -1.29. The zero-order chi connectivity index (χ0) is 9.49. The molecule has 0 aliphatic rings. The van der Waals surface area contributed by atoms with Gasteiger partial charge in [0.25, 0.3) is 0 Å². The van der Waals surface area contributed by atoms with Crippen LogP contribution in [0.3, 0.4) is 0 Å². The minimum absolute atomic E-state index is 0.000000000000000222. The van der Waals surface area contributed by atoms with Gasteiger partial charge in [0.2, 0.25) is 0 Å². The summed E-state index contributed by atoms with van der Waals surface area (Å²) < 4.78 is 27.5. The molecule has 0 saturated heterocycles. The number of hydrogen-bond acceptors (Lipinski definition) is 5. The minimum atomic E-state index is -3.66. The Bertz CT molecular complexity index is 185. The molecule has 8 heteroatoms. The normalized spacial score (nSPS) is 9.64. The standard InChI is InChI=1S/C2H6O4S.CH4N2S/c1-5-7(3,4)6-2;2-1(3)4/h1-2H3;(H4,2,3,4). The van der Waals surface area contributed by atoms with E-state index in [1.165, 1.54) is 0 Å². The summed E-state index contributed by atoms with van der Waals surface area (Å²) in [7, 11) is -1.60. The smallest absolute Gasteiger partial charge is 0.377 e. The molecule has 0 aromatic carbocycles. The molecule has 0 aromatic rings. The fourth-order valence-corrected chi connectivity index (χ4v) is 0.204. The van der Waals surface area contributed by atoms with Crippen molar-refractivity contribution in [3.8, 4) is 0 Å². The summed E-state index contributed by atoms with van der Waals surface area (Å²) in [6.45, 7) is 0. The van der Waals surface area contributed by atoms with Crippen molar-refractivity contribution in [1.82, 2.24) is 0 Å². The Labute approximate surface area is 70.8 Å². The molecule has 0 rings (SSSR count). The summed E-state index contributed by atoms with van der Waals surface area (Å²) in [5.74, 6) is 0. The maximum absolute atomic E-state index is 9.92. The molecule has 0 heterocycles. The molecule has 0 spiro atoms. The summed E-state index contributed by atoms with van der Waals surface area (Å²) >= 11 is 4.09. The van der Waals surface area contributed by atoms with Crippen LogP contribution in [-0.4, -0.2) is 27.7 Å². The van der Waals surface area contributed by atoms with Gasteiger partial charge >= 0.3 is 10.4 Å². The van der Waals surface area contributed by atoms with Crippen LogP contribution in [0.15, 0.2) is 0 Å². The molecule has 0 aromatic heterocycles. The molecule has 0 bridgehead atoms. The van der Waals surface area contributed by atoms with E-state index in [9.17, 15) is 8.42 Å². The summed E-state index contributed by atoms with van der Waals surface area (Å²) in [6.07, 6.45) is 0. The first kappa shape index (κ1) is 13.2. The zero-order valence-corrected chi connectivity index (χ0v) is 7.74. The molecule has 0 radical (unpaired) electrons. The highest BCUT2D eigenvalue weighted by molar-refractivity contribution is 7.81. The van der Waals surface area contributed by atoms with Gasteiger partial charge < -0.3 is 11.5 Å². The van der Waals surface area contributed by atoms with Crippen LogP contribution in [-0.2, 0) is 18.8 Å². The lowest BCUT2D eigenvalue weighted by atomic mass is 11.3. The second-order valence-electron chi connectivity index (χ2n) is 1.14. The molecule has 0 unspecified atom stereocenters. The third kappa shape index (κ3) is 17.7. The number of hydrogen-bond donors (Lipinski definition) is 2. The van der Waals surface area contributed by atoms with Gasteiger partial charge in [-0.2, -0.15) is 8.42 Å². The van der Waals surface area contributed by atoms with Crippen LogP contribution >= 0.6 is 12.2 Å². The van der Waals surface area contributed by atoms with Gasteiger partial charge in [-0.3, -0.25) is 8.37 Å². The zero-order valence-electron chi connectivity index (χ0n) is 6.10. The quantitative estimate of drug-likeness (QED) is 0.537. The summed E-state index contributed by atoms with van der Waals surface area (Å²) in [5, 5.41) is 0.000000000000000222. The highest BCUT2D eigenvalue weighted by Gasteiger charge is 2.01. The summed E-state index contributed by atoms with van der Waals surface area (Å²) in [4.78, 5) is 0. The molecule has 11 heavy (non-hydrogen) atoms. The molecule has 4 N–H and O–H groups in total. The second-order valence-corrected chi connectivity index (χ2v) is 3.10. The Kier molecular flexibility index (Phi) is 7.52. The van der Waals surface area contributed by atoms with Gasteiger partial charge in [-0.05, 0) is 12.2 Å². The van der Waals surface area contributed by atoms with Crippen molar-refractivity contribution in [3.05, 3.63) is 0 Å². The van der Waals surface area contributed by atoms with E-state index in [0.717, 1.165) is 14.2 Å². The molecule has 0 saturated carbocycles. The van der Waals surface area contributed by atoms with Crippen LogP contribution in [0.1, 0.15) is 0 Å². The Hall–Kier alpha value is -0.440. The SMILES string of the molecule is COS(=O)(=O)OC.NC(N)=S. The highest BCUT2D eigenvalue weighted by atomic mass is 32.3. The van der Waals surface area contributed by atoms with Crippen molar-refractivity contribution in [2.45, 2.75) is 0 Å². The molecular weight excluding hydrogens is 192 g/mol. The first-order chi connectivity index (χ1) is 4.85. The van der Waals surface area contributed by atoms with Crippen LogP contribution in [0.5, 0.6) is 0 Å². The lowest BCUT2D eigenvalue weighted by Crippen LogP contribution is -2.18. The summed E-state index contributed by atoms with van der Waals surface area (Å²) in [6, 6.07) is 0. The van der Waals surface area contributed by atoms with E-state index in [2.05, 4.69) is 32.1 Å². The van der Waals surface area contributed by atoms with Crippen LogP contribution in [0.25, 0.3) is 0 Å². The molecule has 0 aliphatic carbocycles. The highest BCUT2D eigenvalue weighted by Crippen LogP contribution is 1.85. The maximum Gasteiger partial charge on any atom is 0.399 e. The average Bonchev–Trinajstić information content (AvgIpc) is 1.87. The molecule has 6 nitrogen and oxygen atoms in total. The second kappa shape index (κ2) is 6.28. The van der Waals surface area contributed by atoms with E-state index in [4.69, 9.17) is 0 Å². The van der Waals surface area contributed by atoms with Crippen LogP contribution < -0.4 is 11.5 Å². The molecule has 0 aliphatic heterocycles. The Morgan fingerprint density at radius 2 is 1.45 bits per heavy atom. The largest absolute Gasteiger partial charge is 0.399 e. The van der Waals surface area contributed by atoms with Gasteiger partial charge in [-0.25, -0.2) is 0 Å². The molecular formula is C3H10N2O4S2. The third-order valence-corrected chi connectivity index (χ3v) is 1.22. The third-order valence-electron chi connectivity index (χ3n) is 0.408. The Balaban J connectivity index is 0. The Morgan fingerprint density at radius 1 is 1.27 bits per heavy atom. The van der Waals surface area contributed by atoms with E-state index < -0.39 is 10.4 Å². The molecule has 0 amide bonds. The lowest BCUT2D eigenvalue weighted by molar-refractivity contribution is 0.286. The fraction of sp³-hybridized carbons (Fsp3) is 0.667. The van der Waals surface area contributed by atoms with Gasteiger partial charge in [-0.1, -0.05) is 0 Å². The van der Waals surface area contributed by atoms with E-state index in [0.29, 0.717) is 0 Å². The topological polar surface area (TPSA) is 105 Å². The van der Waals surface area contributed by atoms with Crippen molar-refractivity contribution in [2.24, 2.45) is 11.5 Å². The van der Waals surface area contributed by atoms with Crippen molar-refractivity contribution in [3.63, 3.8) is 0 Å². The molecule has 0 atom stereocenters. The predicted molar refractivity (Wildman–Crippen MR) is 43.9 cm³/mol. The van der Waals surface area contributed by atoms with Gasteiger partial charge in [0.1, 0.15) is 0 Å². The molecule has 68 valence electrons. The van der Waals surface area contributed by atoms with Crippen molar-refractivity contribution < 1.29 is 16.8 Å². The van der Waals surface area contributed by atoms with Crippen LogP contribution in [0.4, 0.5) is 0 Å². The van der Waals surface area contributed by atoms with Crippen molar-refractivity contribution in [2.75, 3.05) is 14.2 Å². The number of thiocarbonyl (C=S) groups is 1. The van der Waals surface area contributed by atoms with E-state index >= 15 is 0 Å². The average molecular weight is 202 g/mol. The monoisotopic (exact) mass is 202 g/mol. The fourth-order valence-electron chi connectivity index (χ4n) is 0.0680. The molecule has 0 fully saturated rings. The lowest BCUT2D eigenvalue weighted by Gasteiger charge is -1.91. The summed E-state index contributed by atoms with van der Waals surface area (Å²) in [5.41, 5.74) is 9.24. The van der Waals surface area contributed by atoms with Gasteiger partial charge in [0, 0.05) is 0 Å². The van der Waals surface area contributed by atoms with E-state index in [1.807, 2.05) is 0 Å². The number of nitrogens with two attached hydrogens (primary N) is 2. The van der Waals surface area contributed by atoms with Gasteiger partial charge in [-0.15, -0.1) is 0 Å². The minimum Gasteiger partial charge on any atom is -0.377 e. The van der Waals surface area contributed by atoms with Crippen LogP contribution in [0, 0.1) is 0 Å². The van der Waals surface area contributed by atoms with Crippen molar-refractivity contribution >= 4 is 27.7 Å². The van der Waals surface area contributed by atoms with E-state index in [-0.39, 0.29) is 5.11 Å². The first-order valence-electron chi connectivity index (χ1n) is 2.26.